The van der Waals surface area contributed by atoms with Crippen LogP contribution in [-0.4, -0.2) is 23.5 Å². The Morgan fingerprint density at radius 2 is 2.29 bits per heavy atom. The van der Waals surface area contributed by atoms with Crippen LogP contribution in [-0.2, 0) is 6.54 Å². The molecule has 2 amide bonds. The lowest BCUT2D eigenvalue weighted by molar-refractivity contribution is 0.247. The molecule has 0 unspecified atom stereocenters. The molecule has 130 valence electrons. The molecule has 2 rings (SSSR count). The Morgan fingerprint density at radius 1 is 1.50 bits per heavy atom. The van der Waals surface area contributed by atoms with Crippen LogP contribution in [0.15, 0.2) is 20.9 Å². The number of carbonyl (C=O) groups excluding carboxylic acids is 1. The number of hydrogen-bond acceptors (Lipinski definition) is 5. The van der Waals surface area contributed by atoms with Gasteiger partial charge >= 0.3 is 6.03 Å². The largest absolute Gasteiger partial charge is 0.454 e. The average Bonchev–Trinajstić information content (AvgIpc) is 3.12. The van der Waals surface area contributed by atoms with Crippen molar-refractivity contribution in [2.45, 2.75) is 26.3 Å². The topological polar surface area (TPSA) is 132 Å². The van der Waals surface area contributed by atoms with E-state index in [2.05, 4.69) is 27.5 Å². The number of guanidine groups is 1. The fourth-order valence-electron chi connectivity index (χ4n) is 1.79. The van der Waals surface area contributed by atoms with Crippen molar-refractivity contribution in [3.8, 4) is 11.5 Å². The zero-order valence-electron chi connectivity index (χ0n) is 13.1. The summed E-state index contributed by atoms with van der Waals surface area (Å²) in [5.41, 5.74) is 11.0. The number of aliphatic imine (C=N–C) groups is 1. The lowest BCUT2D eigenvalue weighted by Gasteiger charge is -2.00. The molecule has 6 N–H and O–H groups in total. The lowest BCUT2D eigenvalue weighted by Crippen LogP contribution is -2.28. The lowest BCUT2D eigenvalue weighted by atomic mass is 10.3. The van der Waals surface area contributed by atoms with Crippen LogP contribution in [0, 0.1) is 5.82 Å². The number of halogens is 1. The monoisotopic (exact) mass is 354 g/mol. The van der Waals surface area contributed by atoms with Crippen molar-refractivity contribution in [2.75, 3.05) is 11.9 Å². The van der Waals surface area contributed by atoms with Gasteiger partial charge in [-0.05, 0) is 6.42 Å². The van der Waals surface area contributed by atoms with Gasteiger partial charge in [-0.1, -0.05) is 13.3 Å². The smallest absolute Gasteiger partial charge is 0.312 e. The number of rotatable bonds is 7. The second kappa shape index (κ2) is 8.29. The van der Waals surface area contributed by atoms with Gasteiger partial charge in [0.2, 0.25) is 0 Å². The summed E-state index contributed by atoms with van der Waals surface area (Å²) in [5.74, 6) is -0.0835. The third-order valence-corrected chi connectivity index (χ3v) is 3.70. The maximum absolute atomic E-state index is 14.0. The van der Waals surface area contributed by atoms with Gasteiger partial charge in [-0.15, -0.1) is 11.3 Å². The SMILES string of the molecule is CCCCN=C(N)Nc1nc(-c2oc(CNC(N)=O)cc2F)cs1. The second-order valence-corrected chi connectivity index (χ2v) is 5.75. The molecule has 0 aliphatic rings. The van der Waals surface area contributed by atoms with Crippen molar-refractivity contribution in [3.05, 3.63) is 23.0 Å². The second-order valence-electron chi connectivity index (χ2n) is 4.89. The van der Waals surface area contributed by atoms with Crippen LogP contribution >= 0.6 is 11.3 Å². The molecule has 0 radical (unpaired) electrons. The molecule has 0 aliphatic heterocycles. The van der Waals surface area contributed by atoms with Crippen LogP contribution in [0.4, 0.5) is 14.3 Å². The summed E-state index contributed by atoms with van der Waals surface area (Å²) < 4.78 is 19.3. The van der Waals surface area contributed by atoms with Gasteiger partial charge < -0.3 is 26.5 Å². The Labute approximate surface area is 142 Å². The van der Waals surface area contributed by atoms with Crippen molar-refractivity contribution >= 4 is 28.5 Å². The maximum atomic E-state index is 14.0. The molecule has 0 saturated carbocycles. The van der Waals surface area contributed by atoms with Crippen LogP contribution in [0.3, 0.4) is 0 Å². The minimum Gasteiger partial charge on any atom is -0.454 e. The van der Waals surface area contributed by atoms with E-state index in [1.165, 1.54) is 17.4 Å². The third kappa shape index (κ3) is 4.95. The van der Waals surface area contributed by atoms with Crippen LogP contribution in [0.25, 0.3) is 11.5 Å². The number of furan rings is 1. The van der Waals surface area contributed by atoms with Gasteiger partial charge in [0.1, 0.15) is 11.5 Å². The van der Waals surface area contributed by atoms with Gasteiger partial charge in [-0.2, -0.15) is 0 Å². The van der Waals surface area contributed by atoms with E-state index in [0.29, 0.717) is 17.4 Å². The number of hydrogen-bond donors (Lipinski definition) is 4. The molecular weight excluding hydrogens is 335 g/mol. The molecule has 8 nitrogen and oxygen atoms in total. The Bertz CT molecular complexity index is 727. The molecule has 0 bridgehead atoms. The minimum absolute atomic E-state index is 0.00146. The number of carbonyl (C=O) groups is 1. The first-order valence-corrected chi connectivity index (χ1v) is 8.22. The Balaban J connectivity index is 2.04. The summed E-state index contributed by atoms with van der Waals surface area (Å²) in [6, 6.07) is 0.463. The number of unbranched alkanes of at least 4 members (excludes halogenated alkanes) is 1. The first-order chi connectivity index (χ1) is 11.5. The zero-order chi connectivity index (χ0) is 17.5. The van der Waals surface area contributed by atoms with E-state index in [0.717, 1.165) is 12.8 Å². The number of aromatic nitrogens is 1. The van der Waals surface area contributed by atoms with Gasteiger partial charge in [0, 0.05) is 18.0 Å². The molecule has 2 aromatic heterocycles. The average molecular weight is 354 g/mol. The summed E-state index contributed by atoms with van der Waals surface area (Å²) in [5, 5.41) is 7.30. The number of nitrogens with zero attached hydrogens (tertiary/aromatic N) is 2. The predicted molar refractivity (Wildman–Crippen MR) is 91.2 cm³/mol. The van der Waals surface area contributed by atoms with Crippen molar-refractivity contribution in [1.29, 1.82) is 0 Å². The van der Waals surface area contributed by atoms with E-state index in [9.17, 15) is 9.18 Å². The van der Waals surface area contributed by atoms with Gasteiger partial charge in [0.25, 0.3) is 0 Å². The predicted octanol–water partition coefficient (Wildman–Crippen LogP) is 2.24. The summed E-state index contributed by atoms with van der Waals surface area (Å²) in [6.45, 7) is 2.70. The Kier molecular flexibility index (Phi) is 6.13. The first kappa shape index (κ1) is 17.7. The highest BCUT2D eigenvalue weighted by molar-refractivity contribution is 7.14. The van der Waals surface area contributed by atoms with E-state index in [1.807, 2.05) is 0 Å². The molecule has 2 aromatic rings. The highest BCUT2D eigenvalue weighted by atomic mass is 32.1. The number of anilines is 1. The van der Waals surface area contributed by atoms with Crippen molar-refractivity contribution in [2.24, 2.45) is 16.5 Å². The standard InChI is InChI=1S/C14H19FN6O2S/c1-2-3-4-18-12(16)21-14-20-10(7-24-14)11-9(15)5-8(23-11)6-19-13(17)22/h5,7H,2-4,6H2,1H3,(H3,17,19,22)(H3,16,18,20,21). The minimum atomic E-state index is -0.716. The normalized spacial score (nSPS) is 11.5. The summed E-state index contributed by atoms with van der Waals surface area (Å²) in [6.07, 6.45) is 1.98. The highest BCUT2D eigenvalue weighted by Gasteiger charge is 2.16. The van der Waals surface area contributed by atoms with Crippen molar-refractivity contribution in [3.63, 3.8) is 0 Å². The number of amides is 2. The molecule has 0 saturated heterocycles. The van der Waals surface area contributed by atoms with E-state index < -0.39 is 11.8 Å². The number of urea groups is 1. The van der Waals surface area contributed by atoms with Crippen molar-refractivity contribution in [1.82, 2.24) is 10.3 Å². The molecule has 10 heteroatoms. The number of primary amides is 1. The van der Waals surface area contributed by atoms with Gasteiger partial charge in [-0.3, -0.25) is 4.99 Å². The molecular formula is C14H19FN6O2S. The molecule has 0 fully saturated rings. The molecule has 24 heavy (non-hydrogen) atoms. The summed E-state index contributed by atoms with van der Waals surface area (Å²) in [4.78, 5) is 19.0. The number of nitrogens with two attached hydrogens (primary N) is 2. The van der Waals surface area contributed by atoms with Crippen LogP contribution in [0.2, 0.25) is 0 Å². The highest BCUT2D eigenvalue weighted by Crippen LogP contribution is 2.29. The summed E-state index contributed by atoms with van der Waals surface area (Å²) in [7, 11) is 0. The molecule has 0 spiro atoms. The fourth-order valence-corrected chi connectivity index (χ4v) is 2.49. The van der Waals surface area contributed by atoms with Gasteiger partial charge in [0.05, 0.1) is 6.54 Å². The number of nitrogens with one attached hydrogen (secondary N) is 2. The van der Waals surface area contributed by atoms with E-state index >= 15 is 0 Å². The van der Waals surface area contributed by atoms with Crippen LogP contribution < -0.4 is 22.1 Å². The molecule has 0 aromatic carbocycles. The Hall–Kier alpha value is -2.62. The van der Waals surface area contributed by atoms with E-state index in [-0.39, 0.29) is 24.0 Å². The number of thiazole rings is 1. The van der Waals surface area contributed by atoms with E-state index in [1.54, 1.807) is 5.38 Å². The van der Waals surface area contributed by atoms with E-state index in [4.69, 9.17) is 15.9 Å². The zero-order valence-corrected chi connectivity index (χ0v) is 14.0. The Morgan fingerprint density at radius 3 is 3.00 bits per heavy atom. The molecule has 2 heterocycles. The molecule has 0 atom stereocenters. The van der Waals surface area contributed by atoms with Crippen LogP contribution in [0.1, 0.15) is 25.5 Å². The molecule has 0 aliphatic carbocycles. The third-order valence-electron chi connectivity index (χ3n) is 2.94. The maximum Gasteiger partial charge on any atom is 0.312 e. The first-order valence-electron chi connectivity index (χ1n) is 7.34. The van der Waals surface area contributed by atoms with Crippen LogP contribution in [0.5, 0.6) is 0 Å². The van der Waals surface area contributed by atoms with Gasteiger partial charge in [0.15, 0.2) is 22.7 Å². The van der Waals surface area contributed by atoms with Crippen molar-refractivity contribution < 1.29 is 13.6 Å². The fraction of sp³-hybridized carbons (Fsp3) is 0.357. The van der Waals surface area contributed by atoms with Gasteiger partial charge in [-0.25, -0.2) is 14.2 Å². The summed E-state index contributed by atoms with van der Waals surface area (Å²) >= 11 is 1.25. The quantitative estimate of drug-likeness (QED) is 0.344.